The van der Waals surface area contributed by atoms with Gasteiger partial charge in [0, 0.05) is 49.7 Å². The van der Waals surface area contributed by atoms with Crippen LogP contribution in [-0.2, 0) is 14.8 Å². The molecule has 2 N–H and O–H groups in total. The summed E-state index contributed by atoms with van der Waals surface area (Å²) >= 11 is 0. The molecule has 0 saturated carbocycles. The third-order valence-corrected chi connectivity index (χ3v) is 7.80. The average Bonchev–Trinajstić information content (AvgIpc) is 3.35. The number of hydrogen-bond acceptors (Lipinski definition) is 5. The Bertz CT molecular complexity index is 1090. The lowest BCUT2D eigenvalue weighted by atomic mass is 10.1. The molecule has 178 valence electrons. The van der Waals surface area contributed by atoms with Crippen molar-refractivity contribution < 1.29 is 18.0 Å². The number of benzene rings is 2. The van der Waals surface area contributed by atoms with Gasteiger partial charge in [0.25, 0.3) is 5.91 Å². The number of carbonyl (C=O) groups is 2. The zero-order valence-corrected chi connectivity index (χ0v) is 20.2. The fourth-order valence-corrected chi connectivity index (χ4v) is 5.37. The Morgan fingerprint density at radius 2 is 1.48 bits per heavy atom. The van der Waals surface area contributed by atoms with E-state index in [-0.39, 0.29) is 16.7 Å². The van der Waals surface area contributed by atoms with E-state index in [0.717, 1.165) is 31.6 Å². The Morgan fingerprint density at radius 3 is 2.03 bits per heavy atom. The summed E-state index contributed by atoms with van der Waals surface area (Å²) in [5.41, 5.74) is 2.26. The molecule has 0 aromatic heterocycles. The maximum atomic E-state index is 13.3. The molecule has 3 rings (SSSR count). The molecule has 0 unspecified atom stereocenters. The van der Waals surface area contributed by atoms with Crippen LogP contribution in [0.3, 0.4) is 0 Å². The summed E-state index contributed by atoms with van der Waals surface area (Å²) in [4.78, 5) is 27.1. The quantitative estimate of drug-likeness (QED) is 0.576. The molecule has 1 heterocycles. The molecular formula is C24H32N4O4S. The van der Waals surface area contributed by atoms with Crippen molar-refractivity contribution in [3.8, 4) is 0 Å². The number of anilines is 3. The van der Waals surface area contributed by atoms with Crippen LogP contribution in [0.1, 0.15) is 50.4 Å². The van der Waals surface area contributed by atoms with E-state index in [0.29, 0.717) is 36.4 Å². The van der Waals surface area contributed by atoms with Gasteiger partial charge in [-0.05, 0) is 55.3 Å². The highest BCUT2D eigenvalue weighted by atomic mass is 32.2. The van der Waals surface area contributed by atoms with Crippen molar-refractivity contribution >= 4 is 38.9 Å². The minimum absolute atomic E-state index is 0.0896. The average molecular weight is 473 g/mol. The highest BCUT2D eigenvalue weighted by Gasteiger charge is 2.26. The fraction of sp³-hybridized carbons (Fsp3) is 0.417. The van der Waals surface area contributed by atoms with Crippen LogP contribution in [0, 0.1) is 0 Å². The van der Waals surface area contributed by atoms with E-state index in [1.807, 2.05) is 0 Å². The third kappa shape index (κ3) is 5.72. The molecule has 1 fully saturated rings. The zero-order chi connectivity index (χ0) is 24.0. The number of nitrogens with zero attached hydrogens (tertiary/aromatic N) is 2. The van der Waals surface area contributed by atoms with Gasteiger partial charge in [0.1, 0.15) is 0 Å². The van der Waals surface area contributed by atoms with Crippen LogP contribution in [0.25, 0.3) is 0 Å². The molecule has 0 aliphatic carbocycles. The summed E-state index contributed by atoms with van der Waals surface area (Å²) in [6.45, 7) is 7.73. The van der Waals surface area contributed by atoms with Gasteiger partial charge in [0.2, 0.25) is 15.9 Å². The van der Waals surface area contributed by atoms with Crippen LogP contribution in [0.5, 0.6) is 0 Å². The SMILES string of the molecule is CCC(=O)Nc1ccc(NC(=O)c2cc(S(=O)(=O)N(CC)CC)ccc2N2CCCC2)cc1. The van der Waals surface area contributed by atoms with Gasteiger partial charge in [-0.15, -0.1) is 0 Å². The Kier molecular flexibility index (Phi) is 8.10. The Balaban J connectivity index is 1.91. The third-order valence-electron chi connectivity index (χ3n) is 5.75. The summed E-state index contributed by atoms with van der Waals surface area (Å²) in [5.74, 6) is -0.466. The van der Waals surface area contributed by atoms with E-state index in [2.05, 4.69) is 15.5 Å². The molecule has 2 aromatic carbocycles. The Hall–Kier alpha value is -2.91. The number of nitrogens with one attached hydrogen (secondary N) is 2. The molecule has 2 aromatic rings. The first kappa shape index (κ1) is 24.7. The Morgan fingerprint density at radius 1 is 0.909 bits per heavy atom. The second-order valence-electron chi connectivity index (χ2n) is 7.90. The van der Waals surface area contributed by atoms with Gasteiger partial charge < -0.3 is 15.5 Å². The number of sulfonamides is 1. The van der Waals surface area contributed by atoms with Crippen LogP contribution in [0.2, 0.25) is 0 Å². The van der Waals surface area contributed by atoms with E-state index in [9.17, 15) is 18.0 Å². The summed E-state index contributed by atoms with van der Waals surface area (Å²) in [6.07, 6.45) is 2.45. The van der Waals surface area contributed by atoms with Crippen LogP contribution < -0.4 is 15.5 Å². The van der Waals surface area contributed by atoms with Gasteiger partial charge in [-0.25, -0.2) is 8.42 Å². The van der Waals surface area contributed by atoms with Crippen LogP contribution in [-0.4, -0.2) is 50.7 Å². The van der Waals surface area contributed by atoms with Crippen molar-refractivity contribution in [1.29, 1.82) is 0 Å². The highest BCUT2D eigenvalue weighted by Crippen LogP contribution is 2.29. The van der Waals surface area contributed by atoms with Crippen molar-refractivity contribution in [3.05, 3.63) is 48.0 Å². The molecule has 9 heteroatoms. The monoisotopic (exact) mass is 472 g/mol. The lowest BCUT2D eigenvalue weighted by Crippen LogP contribution is -2.31. The van der Waals surface area contributed by atoms with E-state index in [4.69, 9.17) is 0 Å². The van der Waals surface area contributed by atoms with Crippen molar-refractivity contribution in [2.45, 2.75) is 44.9 Å². The van der Waals surface area contributed by atoms with E-state index in [1.165, 1.54) is 10.4 Å². The highest BCUT2D eigenvalue weighted by molar-refractivity contribution is 7.89. The summed E-state index contributed by atoms with van der Waals surface area (Å²) in [6, 6.07) is 11.6. The molecule has 1 saturated heterocycles. The van der Waals surface area contributed by atoms with Crippen molar-refractivity contribution in [1.82, 2.24) is 4.31 Å². The van der Waals surface area contributed by atoms with Crippen LogP contribution >= 0.6 is 0 Å². The van der Waals surface area contributed by atoms with E-state index >= 15 is 0 Å². The van der Waals surface area contributed by atoms with Gasteiger partial charge >= 0.3 is 0 Å². The number of rotatable bonds is 9. The first-order chi connectivity index (χ1) is 15.8. The molecule has 33 heavy (non-hydrogen) atoms. The second kappa shape index (κ2) is 10.8. The summed E-state index contributed by atoms with van der Waals surface area (Å²) in [7, 11) is -3.70. The smallest absolute Gasteiger partial charge is 0.257 e. The second-order valence-corrected chi connectivity index (χ2v) is 9.83. The number of hydrogen-bond donors (Lipinski definition) is 2. The van der Waals surface area contributed by atoms with Gasteiger partial charge in [-0.2, -0.15) is 4.31 Å². The fourth-order valence-electron chi connectivity index (χ4n) is 3.89. The van der Waals surface area contributed by atoms with E-state index < -0.39 is 10.0 Å². The van der Waals surface area contributed by atoms with Crippen LogP contribution in [0.4, 0.5) is 17.1 Å². The standard InChI is InChI=1S/C24H32N4O4S/c1-4-23(29)25-18-9-11-19(12-10-18)26-24(30)21-17-20(33(31,32)28(5-2)6-3)13-14-22(21)27-15-7-8-16-27/h9-14,17H,4-8,15-16H2,1-3H3,(H,25,29)(H,26,30). The first-order valence-electron chi connectivity index (χ1n) is 11.4. The maximum Gasteiger partial charge on any atom is 0.257 e. The zero-order valence-electron chi connectivity index (χ0n) is 19.4. The Labute approximate surface area is 196 Å². The van der Waals surface area contributed by atoms with Crippen LogP contribution in [0.15, 0.2) is 47.4 Å². The van der Waals surface area contributed by atoms with Gasteiger partial charge in [-0.3, -0.25) is 9.59 Å². The normalized spacial score (nSPS) is 13.9. The van der Waals surface area contributed by atoms with Crippen molar-refractivity contribution in [2.24, 2.45) is 0 Å². The molecule has 2 amide bonds. The molecular weight excluding hydrogens is 440 g/mol. The molecule has 0 atom stereocenters. The lowest BCUT2D eigenvalue weighted by molar-refractivity contribution is -0.115. The number of amides is 2. The topological polar surface area (TPSA) is 98.8 Å². The minimum atomic E-state index is -3.70. The maximum absolute atomic E-state index is 13.3. The van der Waals surface area contributed by atoms with Gasteiger partial charge in [0.15, 0.2) is 0 Å². The molecule has 1 aliphatic heterocycles. The molecule has 0 bridgehead atoms. The molecule has 0 radical (unpaired) electrons. The largest absolute Gasteiger partial charge is 0.371 e. The molecule has 0 spiro atoms. The summed E-state index contributed by atoms with van der Waals surface area (Å²) in [5, 5.41) is 5.63. The van der Waals surface area contributed by atoms with Gasteiger partial charge in [-0.1, -0.05) is 20.8 Å². The van der Waals surface area contributed by atoms with E-state index in [1.54, 1.807) is 57.2 Å². The summed E-state index contributed by atoms with van der Waals surface area (Å²) < 4.78 is 27.5. The van der Waals surface area contributed by atoms with Crippen molar-refractivity contribution in [3.63, 3.8) is 0 Å². The van der Waals surface area contributed by atoms with Gasteiger partial charge in [0.05, 0.1) is 10.5 Å². The predicted octanol–water partition coefficient (Wildman–Crippen LogP) is 3.92. The first-order valence-corrected chi connectivity index (χ1v) is 12.8. The lowest BCUT2D eigenvalue weighted by Gasteiger charge is -2.23. The predicted molar refractivity (Wildman–Crippen MR) is 131 cm³/mol. The minimum Gasteiger partial charge on any atom is -0.371 e. The molecule has 1 aliphatic rings. The number of carbonyl (C=O) groups excluding carboxylic acids is 2. The van der Waals surface area contributed by atoms with Crippen molar-refractivity contribution in [2.75, 3.05) is 41.7 Å². The molecule has 8 nitrogen and oxygen atoms in total.